The van der Waals surface area contributed by atoms with Crippen LogP contribution in [0.4, 0.5) is 0 Å². The Morgan fingerprint density at radius 3 is 2.86 bits per heavy atom. The quantitative estimate of drug-likeness (QED) is 0.365. The second-order valence-corrected chi connectivity index (χ2v) is 3.19. The molecule has 1 aliphatic rings. The molecule has 1 saturated heterocycles. The lowest BCUT2D eigenvalue weighted by atomic mass is 10.3. The Bertz CT molecular complexity index is 53.7. The standard InChI is InChI=1S/C4H8ClOP/c5-4-1-2-6-7-3-4/h4,7H,1-3H2. The van der Waals surface area contributed by atoms with Crippen molar-refractivity contribution in [3.8, 4) is 0 Å². The predicted octanol–water partition coefficient (Wildman–Crippen LogP) is 1.61. The highest BCUT2D eigenvalue weighted by molar-refractivity contribution is 7.32. The first-order chi connectivity index (χ1) is 3.39. The normalized spacial score (nSPS) is 36.4. The molecule has 0 saturated carbocycles. The van der Waals surface area contributed by atoms with Gasteiger partial charge in [-0.15, -0.1) is 11.6 Å². The molecule has 0 radical (unpaired) electrons. The minimum Gasteiger partial charge on any atom is -0.362 e. The third kappa shape index (κ3) is 1.94. The highest BCUT2D eigenvalue weighted by Gasteiger charge is 2.08. The zero-order valence-corrected chi connectivity index (χ0v) is 5.74. The summed E-state index contributed by atoms with van der Waals surface area (Å²) in [4.78, 5) is 0. The van der Waals surface area contributed by atoms with E-state index in [0.29, 0.717) is 14.2 Å². The average Bonchev–Trinajstić information content (AvgIpc) is 1.69. The van der Waals surface area contributed by atoms with Crippen molar-refractivity contribution >= 4 is 20.4 Å². The van der Waals surface area contributed by atoms with Gasteiger partial charge in [0.1, 0.15) is 0 Å². The Hall–Kier alpha value is 0.680. The molecule has 0 spiro atoms. The largest absolute Gasteiger partial charge is 0.362 e. The van der Waals surface area contributed by atoms with E-state index in [2.05, 4.69) is 0 Å². The van der Waals surface area contributed by atoms with Crippen molar-refractivity contribution in [1.29, 1.82) is 0 Å². The van der Waals surface area contributed by atoms with Gasteiger partial charge in [-0.25, -0.2) is 0 Å². The van der Waals surface area contributed by atoms with Gasteiger partial charge in [-0.1, -0.05) is 0 Å². The molecular weight excluding hydrogens is 130 g/mol. The predicted molar refractivity (Wildman–Crippen MR) is 33.4 cm³/mol. The van der Waals surface area contributed by atoms with E-state index in [1.165, 1.54) is 0 Å². The summed E-state index contributed by atoms with van der Waals surface area (Å²) in [6, 6.07) is 0. The summed E-state index contributed by atoms with van der Waals surface area (Å²) in [5.41, 5.74) is 0. The Balaban J connectivity index is 2.12. The van der Waals surface area contributed by atoms with Crippen molar-refractivity contribution in [2.75, 3.05) is 12.8 Å². The average molecular weight is 139 g/mol. The summed E-state index contributed by atoms with van der Waals surface area (Å²) in [5, 5.41) is 0.395. The summed E-state index contributed by atoms with van der Waals surface area (Å²) in [6.07, 6.45) is 2.09. The van der Waals surface area contributed by atoms with Gasteiger partial charge in [0.2, 0.25) is 0 Å². The minimum atomic E-state index is 0.395. The minimum absolute atomic E-state index is 0.395. The van der Waals surface area contributed by atoms with Crippen LogP contribution in [0.3, 0.4) is 0 Å². The molecule has 1 heterocycles. The van der Waals surface area contributed by atoms with Gasteiger partial charge in [-0.3, -0.25) is 0 Å². The molecule has 0 amide bonds. The molecule has 1 nitrogen and oxygen atoms in total. The van der Waals surface area contributed by atoms with Crippen LogP contribution in [0.2, 0.25) is 0 Å². The molecule has 0 N–H and O–H groups in total. The Morgan fingerprint density at radius 2 is 2.57 bits per heavy atom. The van der Waals surface area contributed by atoms with Gasteiger partial charge in [0.15, 0.2) is 0 Å². The van der Waals surface area contributed by atoms with E-state index in [1.54, 1.807) is 0 Å². The van der Waals surface area contributed by atoms with E-state index < -0.39 is 0 Å². The van der Waals surface area contributed by atoms with Gasteiger partial charge in [-0.05, 0) is 6.42 Å². The molecule has 1 aliphatic heterocycles. The first kappa shape index (κ1) is 5.81. The fourth-order valence-corrected chi connectivity index (χ4v) is 1.55. The summed E-state index contributed by atoms with van der Waals surface area (Å²) in [5.74, 6) is 0. The van der Waals surface area contributed by atoms with Crippen LogP contribution in [0.15, 0.2) is 0 Å². The smallest absolute Gasteiger partial charge is 0.0519 e. The van der Waals surface area contributed by atoms with E-state index in [-0.39, 0.29) is 0 Å². The van der Waals surface area contributed by atoms with Crippen LogP contribution in [0.5, 0.6) is 0 Å². The van der Waals surface area contributed by atoms with Crippen LogP contribution in [0.1, 0.15) is 6.42 Å². The summed E-state index contributed by atoms with van der Waals surface area (Å²) in [7, 11) is 0.650. The maximum absolute atomic E-state index is 5.74. The molecule has 2 unspecified atom stereocenters. The van der Waals surface area contributed by atoms with E-state index in [9.17, 15) is 0 Å². The molecule has 1 fully saturated rings. The summed E-state index contributed by atoms with van der Waals surface area (Å²) in [6.45, 7) is 0.868. The zero-order chi connectivity index (χ0) is 5.11. The van der Waals surface area contributed by atoms with Crippen molar-refractivity contribution in [1.82, 2.24) is 0 Å². The van der Waals surface area contributed by atoms with Crippen molar-refractivity contribution in [2.45, 2.75) is 11.8 Å². The Labute approximate surface area is 50.2 Å². The fraction of sp³-hybridized carbons (Fsp3) is 1.00. The van der Waals surface area contributed by atoms with Crippen molar-refractivity contribution in [3.05, 3.63) is 0 Å². The van der Waals surface area contributed by atoms with Gasteiger partial charge in [-0.2, -0.15) is 0 Å². The van der Waals surface area contributed by atoms with Crippen molar-refractivity contribution in [2.24, 2.45) is 0 Å². The monoisotopic (exact) mass is 138 g/mol. The molecule has 0 bridgehead atoms. The number of halogens is 1. The fourth-order valence-electron chi connectivity index (χ4n) is 0.510. The van der Waals surface area contributed by atoms with Gasteiger partial charge < -0.3 is 4.52 Å². The molecular formula is C4H8ClOP. The van der Waals surface area contributed by atoms with Gasteiger partial charge in [0.25, 0.3) is 0 Å². The first-order valence-electron chi connectivity index (χ1n) is 2.38. The van der Waals surface area contributed by atoms with Crippen LogP contribution in [0, 0.1) is 0 Å². The van der Waals surface area contributed by atoms with Crippen LogP contribution in [0.25, 0.3) is 0 Å². The van der Waals surface area contributed by atoms with Gasteiger partial charge in [0.05, 0.1) is 6.61 Å². The number of hydrogen-bond acceptors (Lipinski definition) is 1. The molecule has 3 heteroatoms. The Morgan fingerprint density at radius 1 is 1.71 bits per heavy atom. The van der Waals surface area contributed by atoms with Gasteiger partial charge >= 0.3 is 0 Å². The van der Waals surface area contributed by atoms with E-state index in [0.717, 1.165) is 19.2 Å². The third-order valence-corrected chi connectivity index (χ3v) is 2.64. The van der Waals surface area contributed by atoms with Crippen molar-refractivity contribution < 1.29 is 4.52 Å². The van der Waals surface area contributed by atoms with Crippen molar-refractivity contribution in [3.63, 3.8) is 0 Å². The lowest BCUT2D eigenvalue weighted by molar-refractivity contribution is 0.336. The molecule has 0 aromatic heterocycles. The zero-order valence-electron chi connectivity index (χ0n) is 3.98. The van der Waals surface area contributed by atoms with E-state index in [4.69, 9.17) is 16.1 Å². The maximum Gasteiger partial charge on any atom is 0.0519 e. The first-order valence-corrected chi connectivity index (χ1v) is 3.93. The number of alkyl halides is 1. The number of rotatable bonds is 0. The second-order valence-electron chi connectivity index (χ2n) is 1.58. The maximum atomic E-state index is 5.74. The van der Waals surface area contributed by atoms with Gasteiger partial charge in [0, 0.05) is 20.3 Å². The lowest BCUT2D eigenvalue weighted by Gasteiger charge is -2.14. The highest BCUT2D eigenvalue weighted by atomic mass is 35.5. The van der Waals surface area contributed by atoms with E-state index >= 15 is 0 Å². The molecule has 0 aromatic carbocycles. The molecule has 0 aliphatic carbocycles. The van der Waals surface area contributed by atoms with Crippen LogP contribution >= 0.6 is 20.4 Å². The summed E-state index contributed by atoms with van der Waals surface area (Å²) < 4.78 is 5.08. The highest BCUT2D eigenvalue weighted by Crippen LogP contribution is 2.24. The van der Waals surface area contributed by atoms with Crippen LogP contribution < -0.4 is 0 Å². The topological polar surface area (TPSA) is 9.23 Å². The summed E-state index contributed by atoms with van der Waals surface area (Å²) >= 11 is 5.74. The molecule has 42 valence electrons. The lowest BCUT2D eigenvalue weighted by Crippen LogP contribution is -2.09. The van der Waals surface area contributed by atoms with Crippen LogP contribution in [-0.4, -0.2) is 18.1 Å². The third-order valence-electron chi connectivity index (χ3n) is 0.940. The molecule has 7 heavy (non-hydrogen) atoms. The molecule has 2 atom stereocenters. The molecule has 1 rings (SSSR count). The SMILES string of the molecule is ClC1CCOPC1. The molecule has 0 aromatic rings. The van der Waals surface area contributed by atoms with Crippen LogP contribution in [-0.2, 0) is 4.52 Å². The van der Waals surface area contributed by atoms with E-state index in [1.807, 2.05) is 0 Å². The second kappa shape index (κ2) is 2.86. The number of hydrogen-bond donors (Lipinski definition) is 0. The Kier molecular flexibility index (Phi) is 2.37.